The minimum Gasteiger partial charge on any atom is -0.454 e. The maximum absolute atomic E-state index is 12.5. The molecule has 0 heterocycles. The molecule has 0 aliphatic heterocycles. The molecule has 150 valence electrons. The first kappa shape index (κ1) is 21.5. The summed E-state index contributed by atoms with van der Waals surface area (Å²) in [6.45, 7) is -1.56. The second kappa shape index (κ2) is 10.5. The minimum atomic E-state index is -1.60. The van der Waals surface area contributed by atoms with Crippen molar-refractivity contribution in [3.8, 4) is 0 Å². The Morgan fingerprint density at radius 1 is 0.821 bits per heavy atom. The van der Waals surface area contributed by atoms with E-state index in [1.165, 1.54) is 24.3 Å². The highest BCUT2D eigenvalue weighted by Crippen LogP contribution is 2.14. The number of aliphatic hydroxyl groups is 4. The molecule has 2 aromatic carbocycles. The van der Waals surface area contributed by atoms with E-state index in [0.717, 1.165) is 0 Å². The Hall–Kier alpha value is -2.78. The van der Waals surface area contributed by atoms with Gasteiger partial charge in [0.15, 0.2) is 6.10 Å². The summed E-state index contributed by atoms with van der Waals surface area (Å²) >= 11 is 0. The molecule has 5 N–H and O–H groups in total. The van der Waals surface area contributed by atoms with Crippen LogP contribution in [0.15, 0.2) is 60.7 Å². The zero-order valence-corrected chi connectivity index (χ0v) is 15.0. The van der Waals surface area contributed by atoms with Gasteiger partial charge in [-0.1, -0.05) is 36.4 Å². The van der Waals surface area contributed by atoms with E-state index in [0.29, 0.717) is 0 Å². The number of hydrogen-bond donors (Lipinski definition) is 5. The first-order chi connectivity index (χ1) is 13.5. The number of rotatable bonds is 9. The standard InChI is InChI=1S/C20H23NO7/c22-11-15(24)17(21-19(26)13-7-3-1-4-8-13)18(16(25)12-23)28-20(27)14-9-5-2-6-10-14/h1-10,15-18,22-25H,11-12H2,(H,21,26). The zero-order valence-electron chi connectivity index (χ0n) is 15.0. The van der Waals surface area contributed by atoms with E-state index in [1.54, 1.807) is 36.4 Å². The largest absolute Gasteiger partial charge is 0.454 e. The van der Waals surface area contributed by atoms with E-state index < -0.39 is 49.4 Å². The van der Waals surface area contributed by atoms with E-state index >= 15 is 0 Å². The van der Waals surface area contributed by atoms with Gasteiger partial charge >= 0.3 is 5.97 Å². The van der Waals surface area contributed by atoms with E-state index in [1.807, 2.05) is 0 Å². The van der Waals surface area contributed by atoms with Gasteiger partial charge in [-0.05, 0) is 24.3 Å². The molecular formula is C20H23NO7. The molecule has 0 aromatic heterocycles. The summed E-state index contributed by atoms with van der Waals surface area (Å²) in [6, 6.07) is 14.6. The fraction of sp³-hybridized carbons (Fsp3) is 0.300. The van der Waals surface area contributed by atoms with Crippen molar-refractivity contribution < 1.29 is 34.8 Å². The summed E-state index contributed by atoms with van der Waals surface area (Å²) in [4.78, 5) is 24.8. The van der Waals surface area contributed by atoms with Gasteiger partial charge in [-0.25, -0.2) is 4.79 Å². The van der Waals surface area contributed by atoms with Crippen molar-refractivity contribution >= 4 is 11.9 Å². The molecular weight excluding hydrogens is 366 g/mol. The Labute approximate surface area is 162 Å². The Kier molecular flexibility index (Phi) is 8.09. The smallest absolute Gasteiger partial charge is 0.338 e. The van der Waals surface area contributed by atoms with Crippen LogP contribution in [0.4, 0.5) is 0 Å². The summed E-state index contributed by atoms with van der Waals surface area (Å²) in [5.41, 5.74) is 0.452. The molecule has 0 radical (unpaired) electrons. The molecule has 8 nitrogen and oxygen atoms in total. The zero-order chi connectivity index (χ0) is 20.5. The normalized spacial score (nSPS) is 15.1. The van der Waals surface area contributed by atoms with E-state index in [4.69, 9.17) is 4.74 Å². The van der Waals surface area contributed by atoms with Crippen LogP contribution in [-0.4, -0.2) is 69.9 Å². The van der Waals surface area contributed by atoms with Crippen LogP contribution in [0.5, 0.6) is 0 Å². The second-order valence-electron chi connectivity index (χ2n) is 6.10. The van der Waals surface area contributed by atoms with Crippen LogP contribution in [-0.2, 0) is 4.74 Å². The van der Waals surface area contributed by atoms with E-state index in [2.05, 4.69) is 5.32 Å². The number of nitrogens with one attached hydrogen (secondary N) is 1. The molecule has 0 spiro atoms. The lowest BCUT2D eigenvalue weighted by Crippen LogP contribution is -2.58. The molecule has 0 aliphatic rings. The Bertz CT molecular complexity index is 688. The predicted molar refractivity (Wildman–Crippen MR) is 99.5 cm³/mol. The summed E-state index contributed by atoms with van der Waals surface area (Å²) in [5, 5.41) is 41.5. The number of aliphatic hydroxyl groups excluding tert-OH is 4. The molecule has 0 bridgehead atoms. The third-order valence-electron chi connectivity index (χ3n) is 4.11. The molecule has 0 aliphatic carbocycles. The number of esters is 1. The summed E-state index contributed by atoms with van der Waals surface area (Å²) < 4.78 is 5.28. The van der Waals surface area contributed by atoms with Gasteiger partial charge < -0.3 is 30.5 Å². The highest BCUT2D eigenvalue weighted by molar-refractivity contribution is 5.94. The maximum atomic E-state index is 12.5. The van der Waals surface area contributed by atoms with Crippen molar-refractivity contribution in [3.63, 3.8) is 0 Å². The molecule has 0 fully saturated rings. The van der Waals surface area contributed by atoms with Crippen LogP contribution >= 0.6 is 0 Å². The number of hydrogen-bond acceptors (Lipinski definition) is 7. The fourth-order valence-corrected chi connectivity index (χ4v) is 2.60. The van der Waals surface area contributed by atoms with Gasteiger partial charge in [0.05, 0.1) is 24.8 Å². The van der Waals surface area contributed by atoms with Crippen LogP contribution in [0.3, 0.4) is 0 Å². The molecule has 4 atom stereocenters. The monoisotopic (exact) mass is 389 g/mol. The number of carbonyl (C=O) groups is 2. The average molecular weight is 389 g/mol. The third-order valence-corrected chi connectivity index (χ3v) is 4.11. The number of carbonyl (C=O) groups excluding carboxylic acids is 2. The number of amides is 1. The van der Waals surface area contributed by atoms with Gasteiger partial charge in [-0.2, -0.15) is 0 Å². The molecule has 0 saturated heterocycles. The predicted octanol–water partition coefficient (Wildman–Crippen LogP) is -0.283. The number of benzene rings is 2. The van der Waals surface area contributed by atoms with E-state index in [9.17, 15) is 30.0 Å². The van der Waals surface area contributed by atoms with Gasteiger partial charge in [-0.3, -0.25) is 4.79 Å². The topological polar surface area (TPSA) is 136 Å². The molecule has 0 saturated carbocycles. The van der Waals surface area contributed by atoms with Crippen LogP contribution < -0.4 is 5.32 Å². The lowest BCUT2D eigenvalue weighted by Gasteiger charge is -2.33. The van der Waals surface area contributed by atoms with Gasteiger partial charge in [-0.15, -0.1) is 0 Å². The number of ether oxygens (including phenoxy) is 1. The minimum absolute atomic E-state index is 0.185. The van der Waals surface area contributed by atoms with Crippen LogP contribution in [0, 0.1) is 0 Å². The molecule has 2 rings (SSSR count). The van der Waals surface area contributed by atoms with E-state index in [-0.39, 0.29) is 11.1 Å². The average Bonchev–Trinajstić information content (AvgIpc) is 2.75. The molecule has 4 unspecified atom stereocenters. The van der Waals surface area contributed by atoms with Crippen molar-refractivity contribution in [2.75, 3.05) is 13.2 Å². The quantitative estimate of drug-likeness (QED) is 0.372. The first-order valence-electron chi connectivity index (χ1n) is 8.67. The molecule has 28 heavy (non-hydrogen) atoms. The molecule has 2 aromatic rings. The summed E-state index contributed by atoms with van der Waals surface area (Å²) in [5.74, 6) is -1.42. The van der Waals surface area contributed by atoms with Crippen LogP contribution in [0.25, 0.3) is 0 Å². The van der Waals surface area contributed by atoms with Crippen molar-refractivity contribution in [2.45, 2.75) is 24.4 Å². The first-order valence-corrected chi connectivity index (χ1v) is 8.67. The second-order valence-corrected chi connectivity index (χ2v) is 6.10. The Balaban J connectivity index is 2.26. The third kappa shape index (κ3) is 5.61. The highest BCUT2D eigenvalue weighted by atomic mass is 16.6. The highest BCUT2D eigenvalue weighted by Gasteiger charge is 2.37. The van der Waals surface area contributed by atoms with Crippen LogP contribution in [0.2, 0.25) is 0 Å². The Morgan fingerprint density at radius 2 is 1.32 bits per heavy atom. The van der Waals surface area contributed by atoms with Gasteiger partial charge in [0.1, 0.15) is 12.2 Å². The fourth-order valence-electron chi connectivity index (χ4n) is 2.60. The molecule has 1 amide bonds. The lowest BCUT2D eigenvalue weighted by molar-refractivity contribution is -0.0758. The van der Waals surface area contributed by atoms with Crippen molar-refractivity contribution in [3.05, 3.63) is 71.8 Å². The van der Waals surface area contributed by atoms with Gasteiger partial charge in [0.25, 0.3) is 5.91 Å². The van der Waals surface area contributed by atoms with Gasteiger partial charge in [0.2, 0.25) is 0 Å². The molecule has 8 heteroatoms. The van der Waals surface area contributed by atoms with Crippen molar-refractivity contribution in [1.82, 2.24) is 5.32 Å². The Morgan fingerprint density at radius 3 is 1.82 bits per heavy atom. The maximum Gasteiger partial charge on any atom is 0.338 e. The summed E-state index contributed by atoms with van der Waals surface area (Å²) in [7, 11) is 0. The van der Waals surface area contributed by atoms with Gasteiger partial charge in [0, 0.05) is 5.56 Å². The SMILES string of the molecule is O=C(NC(C(O)CO)C(OC(=O)c1ccccc1)C(O)CO)c1ccccc1. The van der Waals surface area contributed by atoms with Crippen molar-refractivity contribution in [2.24, 2.45) is 0 Å². The lowest BCUT2D eigenvalue weighted by atomic mass is 9.99. The van der Waals surface area contributed by atoms with Crippen LogP contribution in [0.1, 0.15) is 20.7 Å². The summed E-state index contributed by atoms with van der Waals surface area (Å²) in [6.07, 6.45) is -4.66. The van der Waals surface area contributed by atoms with Crippen molar-refractivity contribution in [1.29, 1.82) is 0 Å².